The van der Waals surface area contributed by atoms with Gasteiger partial charge < -0.3 is 16.2 Å². The van der Waals surface area contributed by atoms with Gasteiger partial charge in [-0.1, -0.05) is 13.8 Å². The van der Waals surface area contributed by atoms with Crippen molar-refractivity contribution in [3.63, 3.8) is 0 Å². The molecular formula is C10H17N3O. The van der Waals surface area contributed by atoms with Crippen molar-refractivity contribution < 1.29 is 4.74 Å². The maximum Gasteiger partial charge on any atom is 0.217 e. The van der Waals surface area contributed by atoms with Gasteiger partial charge >= 0.3 is 0 Å². The molecule has 1 aromatic heterocycles. The highest BCUT2D eigenvalue weighted by atomic mass is 16.5. The van der Waals surface area contributed by atoms with Crippen molar-refractivity contribution in [2.45, 2.75) is 19.9 Å². The summed E-state index contributed by atoms with van der Waals surface area (Å²) in [6.07, 6.45) is 1.56. The first-order valence-corrected chi connectivity index (χ1v) is 4.61. The molecule has 0 saturated carbocycles. The average Bonchev–Trinajstić information content (AvgIpc) is 2.16. The third kappa shape index (κ3) is 2.14. The first-order valence-electron chi connectivity index (χ1n) is 4.61. The topological polar surface area (TPSA) is 74.2 Å². The Morgan fingerprint density at radius 2 is 2.07 bits per heavy atom. The van der Waals surface area contributed by atoms with Gasteiger partial charge in [-0.2, -0.15) is 0 Å². The minimum absolute atomic E-state index is 0.0963. The molecule has 1 atom stereocenters. The van der Waals surface area contributed by atoms with Gasteiger partial charge in [0.25, 0.3) is 0 Å². The van der Waals surface area contributed by atoms with Crippen molar-refractivity contribution in [1.29, 1.82) is 0 Å². The van der Waals surface area contributed by atoms with E-state index in [1.165, 1.54) is 0 Å². The second-order valence-electron chi connectivity index (χ2n) is 3.64. The minimum atomic E-state index is -0.0963. The Labute approximate surface area is 84.3 Å². The molecule has 0 aliphatic heterocycles. The Hall–Kier alpha value is -1.29. The van der Waals surface area contributed by atoms with E-state index in [9.17, 15) is 0 Å². The summed E-state index contributed by atoms with van der Waals surface area (Å²) < 4.78 is 5.12. The highest BCUT2D eigenvalue weighted by molar-refractivity contribution is 5.44. The van der Waals surface area contributed by atoms with Crippen molar-refractivity contribution in [1.82, 2.24) is 4.98 Å². The third-order valence-electron chi connectivity index (χ3n) is 2.17. The minimum Gasteiger partial charge on any atom is -0.481 e. The van der Waals surface area contributed by atoms with E-state index in [0.717, 1.165) is 5.56 Å². The molecule has 78 valence electrons. The first-order chi connectivity index (χ1) is 6.56. The molecule has 0 aliphatic carbocycles. The number of nitrogen functional groups attached to an aromatic ring is 1. The van der Waals surface area contributed by atoms with Crippen LogP contribution in [-0.2, 0) is 0 Å². The number of anilines is 1. The summed E-state index contributed by atoms with van der Waals surface area (Å²) in [6.45, 7) is 4.10. The van der Waals surface area contributed by atoms with Crippen LogP contribution < -0.4 is 16.2 Å². The molecular weight excluding hydrogens is 178 g/mol. The highest BCUT2D eigenvalue weighted by Gasteiger charge is 2.16. The number of rotatable bonds is 3. The molecule has 1 rings (SSSR count). The van der Waals surface area contributed by atoms with Crippen LogP contribution in [-0.4, -0.2) is 12.1 Å². The van der Waals surface area contributed by atoms with Gasteiger partial charge in [0.1, 0.15) is 0 Å². The summed E-state index contributed by atoms with van der Waals surface area (Å²) in [4.78, 5) is 4.07. The normalized spacial score (nSPS) is 12.9. The maximum atomic E-state index is 6.01. The molecule has 0 bridgehead atoms. The van der Waals surface area contributed by atoms with Crippen LogP contribution in [0.1, 0.15) is 25.5 Å². The number of hydrogen-bond acceptors (Lipinski definition) is 4. The molecule has 1 heterocycles. The van der Waals surface area contributed by atoms with E-state index in [-0.39, 0.29) is 6.04 Å². The Morgan fingerprint density at radius 1 is 1.43 bits per heavy atom. The van der Waals surface area contributed by atoms with Gasteiger partial charge in [-0.15, -0.1) is 0 Å². The summed E-state index contributed by atoms with van der Waals surface area (Å²) in [7, 11) is 1.58. The lowest BCUT2D eigenvalue weighted by Crippen LogP contribution is -2.18. The zero-order valence-corrected chi connectivity index (χ0v) is 8.82. The van der Waals surface area contributed by atoms with E-state index >= 15 is 0 Å². The van der Waals surface area contributed by atoms with E-state index in [4.69, 9.17) is 16.2 Å². The van der Waals surface area contributed by atoms with Crippen LogP contribution in [0.15, 0.2) is 12.3 Å². The largest absolute Gasteiger partial charge is 0.481 e. The second-order valence-corrected chi connectivity index (χ2v) is 3.64. The first kappa shape index (κ1) is 10.8. The zero-order valence-electron chi connectivity index (χ0n) is 8.82. The van der Waals surface area contributed by atoms with E-state index in [1.807, 2.05) is 19.9 Å². The number of aromatic nitrogens is 1. The summed E-state index contributed by atoms with van der Waals surface area (Å²) in [5.41, 5.74) is 13.1. The van der Waals surface area contributed by atoms with Crippen molar-refractivity contribution >= 4 is 5.69 Å². The van der Waals surface area contributed by atoms with Crippen LogP contribution in [0.5, 0.6) is 5.88 Å². The molecule has 0 aromatic carbocycles. The lowest BCUT2D eigenvalue weighted by atomic mass is 9.98. The number of ether oxygens (including phenoxy) is 1. The molecule has 4 heteroatoms. The standard InChI is InChI=1S/C10H17N3O/c1-6(2)9(12)8-4-7(11)5-13-10(8)14-3/h4-6,9H,11-12H2,1-3H3. The Bertz CT molecular complexity index is 312. The second kappa shape index (κ2) is 4.28. The number of hydrogen-bond donors (Lipinski definition) is 2. The predicted octanol–water partition coefficient (Wildman–Crippen LogP) is 1.33. The maximum absolute atomic E-state index is 6.01. The molecule has 1 aromatic rings. The molecule has 0 radical (unpaired) electrons. The molecule has 1 unspecified atom stereocenters. The fourth-order valence-corrected chi connectivity index (χ4v) is 1.25. The Morgan fingerprint density at radius 3 is 2.57 bits per heavy atom. The van der Waals surface area contributed by atoms with Crippen LogP contribution in [0.25, 0.3) is 0 Å². The zero-order chi connectivity index (χ0) is 10.7. The molecule has 4 nitrogen and oxygen atoms in total. The quantitative estimate of drug-likeness (QED) is 0.763. The fourth-order valence-electron chi connectivity index (χ4n) is 1.25. The van der Waals surface area contributed by atoms with Gasteiger partial charge in [-0.3, -0.25) is 0 Å². The number of pyridine rings is 1. The van der Waals surface area contributed by atoms with Crippen molar-refractivity contribution in [3.05, 3.63) is 17.8 Å². The summed E-state index contributed by atoms with van der Waals surface area (Å²) in [6, 6.07) is 1.72. The molecule has 4 N–H and O–H groups in total. The van der Waals surface area contributed by atoms with Crippen LogP contribution in [0, 0.1) is 5.92 Å². The lowest BCUT2D eigenvalue weighted by Gasteiger charge is -2.18. The number of nitrogens with two attached hydrogens (primary N) is 2. The SMILES string of the molecule is COc1ncc(N)cc1C(N)C(C)C. The number of nitrogens with zero attached hydrogens (tertiary/aromatic N) is 1. The summed E-state index contributed by atoms with van der Waals surface area (Å²) >= 11 is 0. The van der Waals surface area contributed by atoms with Gasteiger partial charge in [0.05, 0.1) is 19.0 Å². The summed E-state index contributed by atoms with van der Waals surface area (Å²) in [5, 5.41) is 0. The lowest BCUT2D eigenvalue weighted by molar-refractivity contribution is 0.380. The van der Waals surface area contributed by atoms with E-state index in [1.54, 1.807) is 13.3 Å². The van der Waals surface area contributed by atoms with E-state index in [2.05, 4.69) is 4.98 Å². The van der Waals surface area contributed by atoms with Gasteiger partial charge in [0.2, 0.25) is 5.88 Å². The molecule has 0 aliphatic rings. The van der Waals surface area contributed by atoms with Crippen LogP contribution in [0.3, 0.4) is 0 Å². The predicted molar refractivity (Wildman–Crippen MR) is 57.0 cm³/mol. The van der Waals surface area contributed by atoms with Crippen molar-refractivity contribution in [3.8, 4) is 5.88 Å². The number of methoxy groups -OCH3 is 1. The molecule has 0 spiro atoms. The third-order valence-corrected chi connectivity index (χ3v) is 2.17. The van der Waals surface area contributed by atoms with Crippen molar-refractivity contribution in [2.24, 2.45) is 11.7 Å². The van der Waals surface area contributed by atoms with Gasteiger partial charge in [0.15, 0.2) is 0 Å². The summed E-state index contributed by atoms with van der Waals surface area (Å²) in [5.74, 6) is 0.882. The van der Waals surface area contributed by atoms with Gasteiger partial charge in [-0.05, 0) is 12.0 Å². The van der Waals surface area contributed by atoms with Crippen molar-refractivity contribution in [2.75, 3.05) is 12.8 Å². The van der Waals surface area contributed by atoms with E-state index < -0.39 is 0 Å². The Balaban J connectivity index is 3.10. The van der Waals surface area contributed by atoms with E-state index in [0.29, 0.717) is 17.5 Å². The fraction of sp³-hybridized carbons (Fsp3) is 0.500. The molecule has 0 amide bonds. The average molecular weight is 195 g/mol. The molecule has 0 saturated heterocycles. The van der Waals surface area contributed by atoms with Crippen LogP contribution >= 0.6 is 0 Å². The highest BCUT2D eigenvalue weighted by Crippen LogP contribution is 2.27. The smallest absolute Gasteiger partial charge is 0.217 e. The van der Waals surface area contributed by atoms with Crippen LogP contribution in [0.2, 0.25) is 0 Å². The van der Waals surface area contributed by atoms with Gasteiger partial charge in [-0.25, -0.2) is 4.98 Å². The van der Waals surface area contributed by atoms with Gasteiger partial charge in [0, 0.05) is 11.6 Å². The molecule has 0 fully saturated rings. The molecule has 14 heavy (non-hydrogen) atoms. The Kier molecular flexibility index (Phi) is 3.30. The van der Waals surface area contributed by atoms with Crippen LogP contribution in [0.4, 0.5) is 5.69 Å². The monoisotopic (exact) mass is 195 g/mol.